The zero-order valence-electron chi connectivity index (χ0n) is 16.1. The van der Waals surface area contributed by atoms with E-state index < -0.39 is 40.3 Å². The molecule has 1 atom stereocenters. The van der Waals surface area contributed by atoms with Gasteiger partial charge in [0, 0.05) is 24.8 Å². The summed E-state index contributed by atoms with van der Waals surface area (Å²) in [7, 11) is 1.25. The summed E-state index contributed by atoms with van der Waals surface area (Å²) >= 11 is 0. The van der Waals surface area contributed by atoms with Crippen LogP contribution in [0, 0.1) is 10.1 Å². The number of nitro groups is 1. The minimum atomic E-state index is -4.73. The predicted molar refractivity (Wildman–Crippen MR) is 103 cm³/mol. The topological polar surface area (TPSA) is 114 Å². The van der Waals surface area contributed by atoms with Gasteiger partial charge in [-0.2, -0.15) is 13.2 Å². The van der Waals surface area contributed by atoms with Crippen LogP contribution >= 0.6 is 0 Å². The van der Waals surface area contributed by atoms with Crippen molar-refractivity contribution >= 4 is 23.3 Å². The van der Waals surface area contributed by atoms with Gasteiger partial charge in [0.1, 0.15) is 6.04 Å². The Labute approximate surface area is 173 Å². The number of nitrogens with zero attached hydrogens (tertiary/aromatic N) is 2. The number of carbonyl (C=O) groups is 2. The highest BCUT2D eigenvalue weighted by Gasteiger charge is 2.41. The normalized spacial score (nSPS) is 16.5. The summed E-state index contributed by atoms with van der Waals surface area (Å²) in [6, 6.07) is 5.76. The van der Waals surface area contributed by atoms with Crippen LogP contribution in [0.3, 0.4) is 0 Å². The van der Waals surface area contributed by atoms with Gasteiger partial charge in [-0.15, -0.1) is 0 Å². The number of methoxy groups -OCH3 is 1. The Balaban J connectivity index is 1.94. The maximum atomic E-state index is 13.5. The van der Waals surface area contributed by atoms with E-state index >= 15 is 0 Å². The Bertz CT molecular complexity index is 1030. The number of hydrogen-bond acceptors (Lipinski definition) is 5. The number of halogens is 3. The van der Waals surface area contributed by atoms with Crippen molar-refractivity contribution in [3.63, 3.8) is 0 Å². The van der Waals surface area contributed by atoms with Crippen LogP contribution in [-0.2, 0) is 11.0 Å². The van der Waals surface area contributed by atoms with Crippen molar-refractivity contribution in [3.8, 4) is 5.75 Å². The lowest BCUT2D eigenvalue weighted by Gasteiger charge is -2.36. The average molecular weight is 438 g/mol. The van der Waals surface area contributed by atoms with E-state index in [1.807, 2.05) is 0 Å². The summed E-state index contributed by atoms with van der Waals surface area (Å²) in [4.78, 5) is 36.7. The predicted octanol–water partition coefficient (Wildman–Crippen LogP) is 3.33. The molecule has 31 heavy (non-hydrogen) atoms. The fourth-order valence-corrected chi connectivity index (χ4v) is 3.29. The zero-order valence-corrected chi connectivity index (χ0v) is 16.1. The Hall–Kier alpha value is -3.83. The van der Waals surface area contributed by atoms with E-state index in [0.29, 0.717) is 0 Å². The molecular formula is C19H17F3N4O5. The second kappa shape index (κ2) is 8.50. The molecule has 2 N–H and O–H groups in total. The summed E-state index contributed by atoms with van der Waals surface area (Å²) in [6.45, 7) is -0.0215. The molecule has 9 nitrogen and oxygen atoms in total. The molecule has 0 spiro atoms. The number of nitrogens with one attached hydrogen (secondary N) is 2. The Morgan fingerprint density at radius 3 is 2.65 bits per heavy atom. The third kappa shape index (κ3) is 4.52. The van der Waals surface area contributed by atoms with Crippen LogP contribution in [0.2, 0.25) is 0 Å². The Kier molecular flexibility index (Phi) is 5.99. The van der Waals surface area contributed by atoms with Gasteiger partial charge in [-0.25, -0.2) is 4.79 Å². The molecule has 3 rings (SSSR count). The van der Waals surface area contributed by atoms with Crippen LogP contribution in [0.1, 0.15) is 17.2 Å². The number of amides is 3. The highest BCUT2D eigenvalue weighted by molar-refractivity contribution is 5.95. The van der Waals surface area contributed by atoms with Gasteiger partial charge < -0.3 is 20.3 Å². The molecule has 1 saturated heterocycles. The minimum Gasteiger partial charge on any atom is -0.490 e. The average Bonchev–Trinajstić information content (AvgIpc) is 2.72. The van der Waals surface area contributed by atoms with Crippen LogP contribution in [0.5, 0.6) is 5.75 Å². The molecule has 1 heterocycles. The first-order valence-electron chi connectivity index (χ1n) is 8.97. The molecule has 1 aliphatic rings. The molecule has 0 bridgehead atoms. The number of carbonyl (C=O) groups excluding carboxylic acids is 2. The summed E-state index contributed by atoms with van der Waals surface area (Å²) in [6.07, 6.45) is -4.73. The van der Waals surface area contributed by atoms with Crippen LogP contribution in [0.4, 0.5) is 29.3 Å². The van der Waals surface area contributed by atoms with Crippen molar-refractivity contribution in [3.05, 3.63) is 63.7 Å². The van der Waals surface area contributed by atoms with Crippen LogP contribution in [0.25, 0.3) is 0 Å². The lowest BCUT2D eigenvalue weighted by atomic mass is 9.96. The first-order chi connectivity index (χ1) is 14.6. The van der Waals surface area contributed by atoms with E-state index in [2.05, 4.69) is 10.6 Å². The molecule has 0 aliphatic carbocycles. The molecule has 2 aromatic rings. The van der Waals surface area contributed by atoms with E-state index in [1.54, 1.807) is 0 Å². The molecular weight excluding hydrogens is 421 g/mol. The summed E-state index contributed by atoms with van der Waals surface area (Å²) < 4.78 is 45.3. The SMILES string of the molecule is COc1ccc(NC(=O)N2CCNC(=O)[C@@H]2c2ccccc2C(F)(F)F)cc1[N+](=O)[O-]. The third-order valence-corrected chi connectivity index (χ3v) is 4.66. The van der Waals surface area contributed by atoms with Crippen molar-refractivity contribution < 1.29 is 32.4 Å². The highest BCUT2D eigenvalue weighted by Crippen LogP contribution is 2.37. The second-order valence-corrected chi connectivity index (χ2v) is 6.55. The second-order valence-electron chi connectivity index (χ2n) is 6.55. The van der Waals surface area contributed by atoms with Gasteiger partial charge in [0.05, 0.1) is 17.6 Å². The van der Waals surface area contributed by atoms with Gasteiger partial charge in [-0.05, 0) is 23.8 Å². The number of benzene rings is 2. The molecule has 2 aromatic carbocycles. The molecule has 3 amide bonds. The molecule has 0 saturated carbocycles. The third-order valence-electron chi connectivity index (χ3n) is 4.66. The maximum absolute atomic E-state index is 13.5. The zero-order chi connectivity index (χ0) is 22.8. The molecule has 12 heteroatoms. The summed E-state index contributed by atoms with van der Waals surface area (Å²) in [5, 5.41) is 16.0. The minimum absolute atomic E-state index is 0.0198. The van der Waals surface area contributed by atoms with Crippen molar-refractivity contribution in [2.75, 3.05) is 25.5 Å². The number of nitro benzene ring substituents is 1. The fraction of sp³-hybridized carbons (Fsp3) is 0.263. The van der Waals surface area contributed by atoms with Gasteiger partial charge in [0.25, 0.3) is 0 Å². The number of anilines is 1. The number of urea groups is 1. The highest BCUT2D eigenvalue weighted by atomic mass is 19.4. The van der Waals surface area contributed by atoms with E-state index in [9.17, 15) is 32.9 Å². The lowest BCUT2D eigenvalue weighted by Crippen LogP contribution is -2.53. The van der Waals surface area contributed by atoms with Crippen molar-refractivity contribution in [1.29, 1.82) is 0 Å². The van der Waals surface area contributed by atoms with Crippen LogP contribution < -0.4 is 15.4 Å². The number of piperazine rings is 1. The summed E-state index contributed by atoms with van der Waals surface area (Å²) in [5.41, 5.74) is -1.79. The Morgan fingerprint density at radius 1 is 1.29 bits per heavy atom. The van der Waals surface area contributed by atoms with Crippen molar-refractivity contribution in [2.45, 2.75) is 12.2 Å². The summed E-state index contributed by atoms with van der Waals surface area (Å²) in [5.74, 6) is -0.795. The maximum Gasteiger partial charge on any atom is 0.416 e. The van der Waals surface area contributed by atoms with Gasteiger partial charge >= 0.3 is 17.9 Å². The van der Waals surface area contributed by atoms with E-state index in [4.69, 9.17) is 4.74 Å². The van der Waals surface area contributed by atoms with E-state index in [1.165, 1.54) is 31.4 Å². The van der Waals surface area contributed by atoms with Gasteiger partial charge in [0.15, 0.2) is 5.75 Å². The van der Waals surface area contributed by atoms with E-state index in [-0.39, 0.29) is 30.1 Å². The lowest BCUT2D eigenvalue weighted by molar-refractivity contribution is -0.385. The van der Waals surface area contributed by atoms with Gasteiger partial charge in [-0.1, -0.05) is 18.2 Å². The number of rotatable bonds is 4. The number of alkyl halides is 3. The molecule has 1 aliphatic heterocycles. The largest absolute Gasteiger partial charge is 0.490 e. The molecule has 1 fully saturated rings. The van der Waals surface area contributed by atoms with Crippen molar-refractivity contribution in [2.24, 2.45) is 0 Å². The Morgan fingerprint density at radius 2 is 2.00 bits per heavy atom. The molecule has 0 aromatic heterocycles. The molecule has 0 unspecified atom stereocenters. The number of ether oxygens (including phenoxy) is 1. The van der Waals surface area contributed by atoms with Crippen LogP contribution in [0.15, 0.2) is 42.5 Å². The number of hydrogen-bond donors (Lipinski definition) is 2. The molecule has 0 radical (unpaired) electrons. The van der Waals surface area contributed by atoms with Gasteiger partial charge in [-0.3, -0.25) is 14.9 Å². The quantitative estimate of drug-likeness (QED) is 0.562. The van der Waals surface area contributed by atoms with Crippen LogP contribution in [-0.4, -0.2) is 42.0 Å². The fourth-order valence-electron chi connectivity index (χ4n) is 3.29. The van der Waals surface area contributed by atoms with E-state index in [0.717, 1.165) is 23.1 Å². The first-order valence-corrected chi connectivity index (χ1v) is 8.97. The monoisotopic (exact) mass is 438 g/mol. The standard InChI is InChI=1S/C19H17F3N4O5/c1-31-15-7-6-11(10-14(15)26(29)30)24-18(28)25-9-8-23-17(27)16(25)12-4-2-3-5-13(12)19(20,21)22/h2-7,10,16H,8-9H2,1H3,(H,23,27)(H,24,28)/t16-/m0/s1. The first kappa shape index (κ1) is 21.9. The van der Waals surface area contributed by atoms with Crippen molar-refractivity contribution in [1.82, 2.24) is 10.2 Å². The molecule has 164 valence electrons. The smallest absolute Gasteiger partial charge is 0.416 e. The van der Waals surface area contributed by atoms with Gasteiger partial charge in [0.2, 0.25) is 5.91 Å².